The van der Waals surface area contributed by atoms with Gasteiger partial charge in [0.05, 0.1) is 29.8 Å². The predicted molar refractivity (Wildman–Crippen MR) is 104 cm³/mol. The van der Waals surface area contributed by atoms with E-state index in [2.05, 4.69) is 27.8 Å². The highest BCUT2D eigenvalue weighted by atomic mass is 32.1. The number of nitrogens with one attached hydrogen (secondary N) is 2. The zero-order valence-electron chi connectivity index (χ0n) is 15.2. The quantitative estimate of drug-likeness (QED) is 0.622. The average Bonchev–Trinajstić information content (AvgIpc) is 3.10. The third-order valence-corrected chi connectivity index (χ3v) is 4.94. The highest BCUT2D eigenvalue weighted by molar-refractivity contribution is 7.09. The van der Waals surface area contributed by atoms with Gasteiger partial charge < -0.3 is 16.4 Å². The molecule has 26 heavy (non-hydrogen) atoms. The van der Waals surface area contributed by atoms with Crippen LogP contribution in [0.25, 0.3) is 0 Å². The topological polar surface area (TPSA) is 97.1 Å². The van der Waals surface area contributed by atoms with Crippen LogP contribution in [0.15, 0.2) is 35.7 Å². The molecular formula is C19H26N4O2S. The Balaban J connectivity index is 1.70. The lowest BCUT2D eigenvalue weighted by Gasteiger charge is -2.14. The highest BCUT2D eigenvalue weighted by Crippen LogP contribution is 2.13. The van der Waals surface area contributed by atoms with E-state index in [0.29, 0.717) is 6.54 Å². The number of carbonyl (C=O) groups is 2. The number of benzene rings is 1. The van der Waals surface area contributed by atoms with Crippen molar-refractivity contribution in [3.63, 3.8) is 0 Å². The van der Waals surface area contributed by atoms with E-state index in [1.807, 2.05) is 37.4 Å². The minimum Gasteiger partial charge on any atom is -0.349 e. The van der Waals surface area contributed by atoms with Gasteiger partial charge in [-0.05, 0) is 17.9 Å². The predicted octanol–water partition coefficient (Wildman–Crippen LogP) is 1.64. The Kier molecular flexibility index (Phi) is 7.74. The number of nitrogens with zero attached hydrogens (tertiary/aromatic N) is 1. The summed E-state index contributed by atoms with van der Waals surface area (Å²) in [6.07, 6.45) is 1.83. The maximum atomic E-state index is 11.8. The van der Waals surface area contributed by atoms with Crippen LogP contribution in [0.1, 0.15) is 30.1 Å². The minimum atomic E-state index is -0.603. The van der Waals surface area contributed by atoms with E-state index in [1.165, 1.54) is 5.56 Å². The molecule has 2 rings (SSSR count). The average molecular weight is 375 g/mol. The molecule has 0 saturated carbocycles. The largest absolute Gasteiger partial charge is 0.349 e. The molecule has 6 nitrogen and oxygen atoms in total. The first kappa shape index (κ1) is 20.1. The van der Waals surface area contributed by atoms with Crippen LogP contribution in [-0.4, -0.2) is 29.4 Å². The highest BCUT2D eigenvalue weighted by Gasteiger charge is 2.17. The van der Waals surface area contributed by atoms with Crippen LogP contribution in [0, 0.1) is 5.92 Å². The second-order valence-corrected chi connectivity index (χ2v) is 7.43. The molecular weight excluding hydrogens is 348 g/mol. The van der Waals surface area contributed by atoms with Crippen molar-refractivity contribution >= 4 is 23.2 Å². The molecule has 140 valence electrons. The van der Waals surface area contributed by atoms with Gasteiger partial charge in [0.25, 0.3) is 0 Å². The van der Waals surface area contributed by atoms with Gasteiger partial charge in [0.15, 0.2) is 0 Å². The van der Waals surface area contributed by atoms with Gasteiger partial charge in [-0.25, -0.2) is 4.98 Å². The molecule has 4 N–H and O–H groups in total. The molecule has 1 aromatic heterocycles. The molecule has 0 aliphatic carbocycles. The molecule has 7 heteroatoms. The lowest BCUT2D eigenvalue weighted by atomic mass is 10.1. The number of thiazole rings is 1. The number of nitrogens with two attached hydrogens (primary N) is 1. The first-order valence-electron chi connectivity index (χ1n) is 8.73. The Hall–Kier alpha value is -2.25. The van der Waals surface area contributed by atoms with Crippen molar-refractivity contribution in [2.75, 3.05) is 6.54 Å². The molecule has 1 atom stereocenters. The monoisotopic (exact) mass is 374 g/mol. The van der Waals surface area contributed by atoms with E-state index in [0.717, 1.165) is 23.5 Å². The van der Waals surface area contributed by atoms with Crippen LogP contribution in [0.2, 0.25) is 0 Å². The smallest absolute Gasteiger partial charge is 0.239 e. The van der Waals surface area contributed by atoms with Gasteiger partial charge in [-0.15, -0.1) is 11.3 Å². The fraction of sp³-hybridized carbons (Fsp3) is 0.421. The Morgan fingerprint density at radius 2 is 1.88 bits per heavy atom. The molecule has 1 aromatic carbocycles. The molecule has 0 spiro atoms. The van der Waals surface area contributed by atoms with Crippen LogP contribution in [0.4, 0.5) is 0 Å². The van der Waals surface area contributed by atoms with Gasteiger partial charge in [0.2, 0.25) is 11.8 Å². The summed E-state index contributed by atoms with van der Waals surface area (Å²) in [6.45, 7) is 4.00. The standard InChI is InChI=1S/C19H26N4O2S/c1-13(2)18(20)19(25)22-11-16(24)21-10-15-12-26-17(23-15)9-8-14-6-4-3-5-7-14/h3-7,12-13,18H,8-11,20H2,1-2H3,(H,21,24)(H,22,25)/t18-/m0/s1. The molecule has 0 bridgehead atoms. The second kappa shape index (κ2) is 10.0. The van der Waals surface area contributed by atoms with Gasteiger partial charge in [0, 0.05) is 11.8 Å². The molecule has 2 amide bonds. The van der Waals surface area contributed by atoms with Crippen LogP contribution >= 0.6 is 11.3 Å². The minimum absolute atomic E-state index is 0.0300. The number of aryl methyl sites for hydroxylation is 2. The van der Waals surface area contributed by atoms with E-state index in [-0.39, 0.29) is 24.3 Å². The van der Waals surface area contributed by atoms with Crippen molar-refractivity contribution in [2.45, 2.75) is 39.3 Å². The molecule has 0 fully saturated rings. The third kappa shape index (κ3) is 6.57. The fourth-order valence-corrected chi connectivity index (χ4v) is 3.08. The van der Waals surface area contributed by atoms with Crippen LogP contribution in [0.3, 0.4) is 0 Å². The lowest BCUT2D eigenvalue weighted by molar-refractivity contribution is -0.127. The Bertz CT molecular complexity index is 715. The van der Waals surface area contributed by atoms with Gasteiger partial charge >= 0.3 is 0 Å². The summed E-state index contributed by atoms with van der Waals surface area (Å²) in [5.74, 6) is -0.539. The summed E-state index contributed by atoms with van der Waals surface area (Å²) in [4.78, 5) is 28.1. The van der Waals surface area contributed by atoms with Crippen LogP contribution in [0.5, 0.6) is 0 Å². The first-order valence-corrected chi connectivity index (χ1v) is 9.61. The van der Waals surface area contributed by atoms with Crippen molar-refractivity contribution in [1.82, 2.24) is 15.6 Å². The third-order valence-electron chi connectivity index (χ3n) is 3.98. The maximum Gasteiger partial charge on any atom is 0.239 e. The molecule has 0 aliphatic heterocycles. The normalized spacial score (nSPS) is 12.0. The first-order chi connectivity index (χ1) is 12.5. The zero-order valence-corrected chi connectivity index (χ0v) is 16.0. The van der Waals surface area contributed by atoms with Gasteiger partial charge in [-0.1, -0.05) is 44.2 Å². The van der Waals surface area contributed by atoms with E-state index in [1.54, 1.807) is 11.3 Å². The summed E-state index contributed by atoms with van der Waals surface area (Å²) in [5, 5.41) is 8.31. The summed E-state index contributed by atoms with van der Waals surface area (Å²) in [7, 11) is 0. The number of rotatable bonds is 9. The summed E-state index contributed by atoms with van der Waals surface area (Å²) < 4.78 is 0. The lowest BCUT2D eigenvalue weighted by Crippen LogP contribution is -2.47. The number of aromatic nitrogens is 1. The van der Waals surface area contributed by atoms with Crippen LogP contribution in [-0.2, 0) is 29.0 Å². The molecule has 2 aromatic rings. The Labute approximate surface area is 158 Å². The summed E-state index contributed by atoms with van der Waals surface area (Å²) in [6, 6.07) is 9.68. The van der Waals surface area contributed by atoms with E-state index >= 15 is 0 Å². The van der Waals surface area contributed by atoms with Crippen molar-refractivity contribution in [2.24, 2.45) is 11.7 Å². The van der Waals surface area contributed by atoms with Crippen LogP contribution < -0.4 is 16.4 Å². The summed E-state index contributed by atoms with van der Waals surface area (Å²) in [5.41, 5.74) is 7.85. The van der Waals surface area contributed by atoms with E-state index < -0.39 is 6.04 Å². The molecule has 0 radical (unpaired) electrons. The number of hydrogen-bond donors (Lipinski definition) is 3. The van der Waals surface area contributed by atoms with Gasteiger partial charge in [-0.2, -0.15) is 0 Å². The van der Waals surface area contributed by atoms with Crippen molar-refractivity contribution < 1.29 is 9.59 Å². The number of amides is 2. The van der Waals surface area contributed by atoms with Crippen molar-refractivity contribution in [3.05, 3.63) is 52.0 Å². The van der Waals surface area contributed by atoms with E-state index in [9.17, 15) is 9.59 Å². The number of hydrogen-bond acceptors (Lipinski definition) is 5. The van der Waals surface area contributed by atoms with Crippen molar-refractivity contribution in [1.29, 1.82) is 0 Å². The molecule has 0 unspecified atom stereocenters. The van der Waals surface area contributed by atoms with Gasteiger partial charge in [-0.3, -0.25) is 9.59 Å². The molecule has 0 aliphatic rings. The molecule has 0 saturated heterocycles. The maximum absolute atomic E-state index is 11.8. The fourth-order valence-electron chi connectivity index (χ4n) is 2.28. The Morgan fingerprint density at radius 1 is 1.15 bits per heavy atom. The SMILES string of the molecule is CC(C)[C@H](N)C(=O)NCC(=O)NCc1csc(CCc2ccccc2)n1. The zero-order chi connectivity index (χ0) is 18.9. The molecule has 1 heterocycles. The van der Waals surface area contributed by atoms with E-state index in [4.69, 9.17) is 5.73 Å². The second-order valence-electron chi connectivity index (χ2n) is 6.48. The Morgan fingerprint density at radius 3 is 2.58 bits per heavy atom. The van der Waals surface area contributed by atoms with Crippen molar-refractivity contribution in [3.8, 4) is 0 Å². The van der Waals surface area contributed by atoms with Gasteiger partial charge in [0.1, 0.15) is 0 Å². The number of carbonyl (C=O) groups excluding carboxylic acids is 2. The summed E-state index contributed by atoms with van der Waals surface area (Å²) >= 11 is 1.60.